The van der Waals surface area contributed by atoms with Crippen LogP contribution in [-0.4, -0.2) is 42.7 Å². The van der Waals surface area contributed by atoms with Gasteiger partial charge in [0.25, 0.3) is 0 Å². The zero-order valence-electron chi connectivity index (χ0n) is 11.9. The molecule has 0 spiro atoms. The van der Waals surface area contributed by atoms with Gasteiger partial charge in [-0.2, -0.15) is 0 Å². The zero-order valence-corrected chi connectivity index (χ0v) is 13.4. The van der Waals surface area contributed by atoms with E-state index in [0.29, 0.717) is 18.1 Å². The molecule has 0 radical (unpaired) electrons. The molecule has 3 N–H and O–H groups in total. The van der Waals surface area contributed by atoms with E-state index >= 15 is 0 Å². The average Bonchev–Trinajstić information content (AvgIpc) is 2.44. The van der Waals surface area contributed by atoms with Crippen molar-refractivity contribution in [2.45, 2.75) is 26.5 Å². The van der Waals surface area contributed by atoms with E-state index in [1.807, 2.05) is 26.0 Å². The molecule has 0 saturated heterocycles. The van der Waals surface area contributed by atoms with Crippen molar-refractivity contribution in [3.05, 3.63) is 22.2 Å². The molecular formula is C14H22BrNO4. The van der Waals surface area contributed by atoms with Crippen molar-refractivity contribution in [1.29, 1.82) is 0 Å². The Kier molecular flexibility index (Phi) is 7.91. The van der Waals surface area contributed by atoms with Crippen LogP contribution < -0.4 is 14.8 Å². The lowest BCUT2D eigenvalue weighted by atomic mass is 10.2. The molecule has 0 aliphatic heterocycles. The summed E-state index contributed by atoms with van der Waals surface area (Å²) in [5, 5.41) is 21.4. The Morgan fingerprint density at radius 2 is 2.05 bits per heavy atom. The summed E-state index contributed by atoms with van der Waals surface area (Å²) in [4.78, 5) is 0. The van der Waals surface area contributed by atoms with Gasteiger partial charge in [-0.25, -0.2) is 0 Å². The fraction of sp³-hybridized carbons (Fsp3) is 0.571. The van der Waals surface area contributed by atoms with Gasteiger partial charge in [0.15, 0.2) is 11.5 Å². The summed E-state index contributed by atoms with van der Waals surface area (Å²) in [5.74, 6) is 1.17. The lowest BCUT2D eigenvalue weighted by Gasteiger charge is -2.17. The highest BCUT2D eigenvalue weighted by Crippen LogP contribution is 2.37. The number of hydrogen-bond donors (Lipinski definition) is 3. The molecule has 0 saturated carbocycles. The summed E-state index contributed by atoms with van der Waals surface area (Å²) >= 11 is 3.46. The molecule has 0 aliphatic carbocycles. The van der Waals surface area contributed by atoms with E-state index in [9.17, 15) is 5.11 Å². The molecule has 1 aromatic carbocycles. The number of nitrogens with one attached hydrogen (secondary N) is 1. The first-order valence-corrected chi connectivity index (χ1v) is 7.49. The number of hydrogen-bond acceptors (Lipinski definition) is 5. The normalized spacial score (nSPS) is 12.2. The smallest absolute Gasteiger partial charge is 0.175 e. The molecule has 5 nitrogen and oxygen atoms in total. The number of halogens is 1. The van der Waals surface area contributed by atoms with Crippen molar-refractivity contribution in [3.8, 4) is 11.5 Å². The Balaban J connectivity index is 2.90. The standard InChI is InChI=1S/C14H22BrNO4/c1-3-16-7-10-5-12(15)14(13(6-10)19-4-2)20-9-11(18)8-17/h5-6,11,16-18H,3-4,7-9H2,1-2H3. The van der Waals surface area contributed by atoms with E-state index in [0.717, 1.165) is 23.1 Å². The fourth-order valence-corrected chi connectivity index (χ4v) is 2.23. The van der Waals surface area contributed by atoms with Crippen LogP contribution in [0.25, 0.3) is 0 Å². The SMILES string of the molecule is CCNCc1cc(Br)c(OCC(O)CO)c(OCC)c1. The number of benzene rings is 1. The van der Waals surface area contributed by atoms with Crippen LogP contribution in [0.4, 0.5) is 0 Å². The molecule has 0 fully saturated rings. The van der Waals surface area contributed by atoms with Gasteiger partial charge in [0.2, 0.25) is 0 Å². The molecular weight excluding hydrogens is 326 g/mol. The predicted molar refractivity (Wildman–Crippen MR) is 81.3 cm³/mol. The molecule has 0 amide bonds. The minimum absolute atomic E-state index is 0.0156. The molecule has 0 bridgehead atoms. The summed E-state index contributed by atoms with van der Waals surface area (Å²) < 4.78 is 11.9. The van der Waals surface area contributed by atoms with E-state index in [2.05, 4.69) is 21.2 Å². The Hall–Kier alpha value is -0.820. The maximum absolute atomic E-state index is 9.36. The quantitative estimate of drug-likeness (QED) is 0.634. The molecule has 20 heavy (non-hydrogen) atoms. The van der Waals surface area contributed by atoms with Crippen molar-refractivity contribution < 1.29 is 19.7 Å². The first kappa shape index (κ1) is 17.2. The van der Waals surface area contributed by atoms with Gasteiger partial charge < -0.3 is 25.0 Å². The van der Waals surface area contributed by atoms with Gasteiger partial charge in [0.1, 0.15) is 12.7 Å². The second kappa shape index (κ2) is 9.18. The summed E-state index contributed by atoms with van der Waals surface area (Å²) in [7, 11) is 0. The predicted octanol–water partition coefficient (Wildman–Crippen LogP) is 1.69. The highest BCUT2D eigenvalue weighted by Gasteiger charge is 2.14. The molecule has 1 rings (SSSR count). The summed E-state index contributed by atoms with van der Waals surface area (Å²) in [6, 6.07) is 3.86. The van der Waals surface area contributed by atoms with Crippen molar-refractivity contribution in [2.75, 3.05) is 26.4 Å². The third-order valence-electron chi connectivity index (χ3n) is 2.58. The molecule has 1 aromatic rings. The first-order valence-electron chi connectivity index (χ1n) is 6.70. The van der Waals surface area contributed by atoms with Crippen molar-refractivity contribution in [3.63, 3.8) is 0 Å². The zero-order chi connectivity index (χ0) is 15.0. The van der Waals surface area contributed by atoms with E-state index in [1.54, 1.807) is 0 Å². The molecule has 114 valence electrons. The maximum atomic E-state index is 9.36. The molecule has 0 aliphatic rings. The van der Waals surface area contributed by atoms with Crippen LogP contribution >= 0.6 is 15.9 Å². The largest absolute Gasteiger partial charge is 0.490 e. The van der Waals surface area contributed by atoms with Crippen LogP contribution in [-0.2, 0) is 6.54 Å². The van der Waals surface area contributed by atoms with E-state index in [-0.39, 0.29) is 13.2 Å². The molecule has 0 heterocycles. The van der Waals surface area contributed by atoms with Crippen LogP contribution in [0.1, 0.15) is 19.4 Å². The summed E-state index contributed by atoms with van der Waals surface area (Å²) in [6.07, 6.45) is -0.905. The molecule has 6 heteroatoms. The lowest BCUT2D eigenvalue weighted by Crippen LogP contribution is -2.21. The number of aliphatic hydroxyl groups is 2. The Morgan fingerprint density at radius 1 is 1.30 bits per heavy atom. The van der Waals surface area contributed by atoms with Crippen LogP contribution in [0.3, 0.4) is 0 Å². The van der Waals surface area contributed by atoms with E-state index in [4.69, 9.17) is 14.6 Å². The fourth-order valence-electron chi connectivity index (χ4n) is 1.63. The number of aliphatic hydroxyl groups excluding tert-OH is 2. The van der Waals surface area contributed by atoms with Gasteiger partial charge in [0.05, 0.1) is 17.7 Å². The second-order valence-electron chi connectivity index (χ2n) is 4.27. The van der Waals surface area contributed by atoms with Crippen molar-refractivity contribution in [2.24, 2.45) is 0 Å². The van der Waals surface area contributed by atoms with Crippen molar-refractivity contribution >= 4 is 15.9 Å². The third-order valence-corrected chi connectivity index (χ3v) is 3.17. The number of ether oxygens (including phenoxy) is 2. The summed E-state index contributed by atoms with van der Waals surface area (Å²) in [5.41, 5.74) is 1.08. The third kappa shape index (κ3) is 5.28. The average molecular weight is 348 g/mol. The van der Waals surface area contributed by atoms with Gasteiger partial charge in [-0.1, -0.05) is 6.92 Å². The van der Waals surface area contributed by atoms with Crippen LogP contribution in [0.15, 0.2) is 16.6 Å². The van der Waals surface area contributed by atoms with Gasteiger partial charge in [-0.3, -0.25) is 0 Å². The molecule has 1 atom stereocenters. The van der Waals surface area contributed by atoms with E-state index < -0.39 is 6.10 Å². The monoisotopic (exact) mass is 347 g/mol. The summed E-state index contributed by atoms with van der Waals surface area (Å²) in [6.45, 7) is 5.79. The van der Waals surface area contributed by atoms with E-state index in [1.165, 1.54) is 0 Å². The minimum Gasteiger partial charge on any atom is -0.490 e. The molecule has 0 aromatic heterocycles. The molecule has 1 unspecified atom stereocenters. The Labute approximate surface area is 128 Å². The van der Waals surface area contributed by atoms with Gasteiger partial charge in [-0.05, 0) is 47.1 Å². The van der Waals surface area contributed by atoms with Crippen LogP contribution in [0.5, 0.6) is 11.5 Å². The van der Waals surface area contributed by atoms with Gasteiger partial charge in [-0.15, -0.1) is 0 Å². The van der Waals surface area contributed by atoms with Gasteiger partial charge >= 0.3 is 0 Å². The van der Waals surface area contributed by atoms with Crippen LogP contribution in [0, 0.1) is 0 Å². The first-order chi connectivity index (χ1) is 9.62. The van der Waals surface area contributed by atoms with Crippen LogP contribution in [0.2, 0.25) is 0 Å². The van der Waals surface area contributed by atoms with Crippen molar-refractivity contribution in [1.82, 2.24) is 5.32 Å². The second-order valence-corrected chi connectivity index (χ2v) is 5.12. The number of rotatable bonds is 9. The Morgan fingerprint density at radius 3 is 2.65 bits per heavy atom. The Bertz CT molecular complexity index is 414. The minimum atomic E-state index is -0.905. The van der Waals surface area contributed by atoms with Gasteiger partial charge in [0, 0.05) is 6.54 Å². The maximum Gasteiger partial charge on any atom is 0.175 e. The topological polar surface area (TPSA) is 71.0 Å². The highest BCUT2D eigenvalue weighted by molar-refractivity contribution is 9.10. The highest BCUT2D eigenvalue weighted by atomic mass is 79.9. The lowest BCUT2D eigenvalue weighted by molar-refractivity contribution is 0.0522.